The SMILES string of the molecule is CC1(C)CCOC1(C)N.CC1(C)CCOC1(C)N.[Li]. The molecule has 109 valence electrons. The van der Waals surface area contributed by atoms with E-state index in [1.165, 1.54) is 0 Å². The van der Waals surface area contributed by atoms with Crippen molar-refractivity contribution < 1.29 is 9.47 Å². The molecule has 0 spiro atoms. The molecular formula is C14H30LiN2O2. The van der Waals surface area contributed by atoms with Gasteiger partial charge < -0.3 is 20.9 Å². The van der Waals surface area contributed by atoms with Gasteiger partial charge in [-0.2, -0.15) is 0 Å². The first-order valence-electron chi connectivity index (χ1n) is 6.77. The van der Waals surface area contributed by atoms with E-state index in [-0.39, 0.29) is 29.7 Å². The van der Waals surface area contributed by atoms with Crippen LogP contribution >= 0.6 is 0 Å². The maximum atomic E-state index is 5.83. The molecule has 2 rings (SSSR count). The average molecular weight is 265 g/mol. The van der Waals surface area contributed by atoms with Crippen molar-refractivity contribution in [1.29, 1.82) is 0 Å². The van der Waals surface area contributed by atoms with Gasteiger partial charge in [-0.15, -0.1) is 0 Å². The van der Waals surface area contributed by atoms with Crippen LogP contribution in [0, 0.1) is 10.8 Å². The van der Waals surface area contributed by atoms with Gasteiger partial charge in [0.15, 0.2) is 0 Å². The molecular weight excluding hydrogens is 235 g/mol. The topological polar surface area (TPSA) is 70.5 Å². The van der Waals surface area contributed by atoms with Gasteiger partial charge in [-0.05, 0) is 26.7 Å². The van der Waals surface area contributed by atoms with Gasteiger partial charge >= 0.3 is 0 Å². The summed E-state index contributed by atoms with van der Waals surface area (Å²) in [7, 11) is 0. The molecule has 0 aromatic heterocycles. The van der Waals surface area contributed by atoms with E-state index >= 15 is 0 Å². The molecule has 1 radical (unpaired) electrons. The quantitative estimate of drug-likeness (QED) is 0.656. The van der Waals surface area contributed by atoms with Gasteiger partial charge in [0.1, 0.15) is 11.4 Å². The van der Waals surface area contributed by atoms with Crippen molar-refractivity contribution in [1.82, 2.24) is 0 Å². The second-order valence-corrected chi connectivity index (χ2v) is 7.18. The third-order valence-corrected chi connectivity index (χ3v) is 4.95. The fourth-order valence-electron chi connectivity index (χ4n) is 1.92. The molecule has 5 heteroatoms. The predicted molar refractivity (Wildman–Crippen MR) is 79.6 cm³/mol. The van der Waals surface area contributed by atoms with Crippen LogP contribution in [0.3, 0.4) is 0 Å². The fraction of sp³-hybridized carbons (Fsp3) is 1.00. The van der Waals surface area contributed by atoms with E-state index in [0.717, 1.165) is 26.1 Å². The van der Waals surface area contributed by atoms with E-state index in [2.05, 4.69) is 27.7 Å². The first-order valence-corrected chi connectivity index (χ1v) is 6.77. The summed E-state index contributed by atoms with van der Waals surface area (Å²) in [6.07, 6.45) is 2.14. The molecule has 0 bridgehead atoms. The van der Waals surface area contributed by atoms with E-state index < -0.39 is 11.4 Å². The first kappa shape index (κ1) is 19.4. The second kappa shape index (κ2) is 6.05. The zero-order valence-electron chi connectivity index (χ0n) is 13.8. The van der Waals surface area contributed by atoms with Crippen LogP contribution in [0.2, 0.25) is 0 Å². The normalized spacial score (nSPS) is 39.2. The number of rotatable bonds is 0. The fourth-order valence-corrected chi connectivity index (χ4v) is 1.92. The van der Waals surface area contributed by atoms with E-state index in [0.29, 0.717) is 0 Å². The van der Waals surface area contributed by atoms with Gasteiger partial charge in [-0.3, -0.25) is 0 Å². The van der Waals surface area contributed by atoms with Crippen molar-refractivity contribution in [2.75, 3.05) is 13.2 Å². The predicted octanol–water partition coefficient (Wildman–Crippen LogP) is 1.83. The summed E-state index contributed by atoms with van der Waals surface area (Å²) in [5, 5.41) is 0. The third kappa shape index (κ3) is 4.20. The van der Waals surface area contributed by atoms with Gasteiger partial charge in [0.25, 0.3) is 0 Å². The summed E-state index contributed by atoms with van der Waals surface area (Å²) in [6.45, 7) is 14.1. The molecule has 19 heavy (non-hydrogen) atoms. The standard InChI is InChI=1S/2C7H15NO.Li/c2*1-6(2)4-5-9-7(6,3)8;/h2*4-5,8H2,1-3H3;. The van der Waals surface area contributed by atoms with Crippen molar-refractivity contribution in [3.63, 3.8) is 0 Å². The third-order valence-electron chi connectivity index (χ3n) is 4.95. The Labute approximate surface area is 130 Å². The molecule has 0 saturated carbocycles. The second-order valence-electron chi connectivity index (χ2n) is 7.18. The zero-order chi connectivity index (χ0) is 14.2. The Morgan fingerprint density at radius 2 is 0.947 bits per heavy atom. The molecule has 4 nitrogen and oxygen atoms in total. The molecule has 0 aromatic carbocycles. The molecule has 0 amide bonds. The smallest absolute Gasteiger partial charge is 0.119 e. The van der Waals surface area contributed by atoms with Gasteiger partial charge in [0.2, 0.25) is 0 Å². The summed E-state index contributed by atoms with van der Waals surface area (Å²) in [5.41, 5.74) is 11.1. The number of ether oxygens (including phenoxy) is 2. The van der Waals surface area contributed by atoms with Crippen molar-refractivity contribution in [2.45, 2.75) is 65.8 Å². The van der Waals surface area contributed by atoms with Crippen molar-refractivity contribution in [2.24, 2.45) is 22.3 Å². The van der Waals surface area contributed by atoms with Gasteiger partial charge in [-0.1, -0.05) is 27.7 Å². The van der Waals surface area contributed by atoms with E-state index in [9.17, 15) is 0 Å². The van der Waals surface area contributed by atoms with Crippen LogP contribution in [-0.2, 0) is 9.47 Å². The minimum Gasteiger partial charge on any atom is -0.361 e. The Kier molecular flexibility index (Phi) is 6.19. The minimum absolute atomic E-state index is 0. The van der Waals surface area contributed by atoms with Crippen LogP contribution in [0.1, 0.15) is 54.4 Å². The largest absolute Gasteiger partial charge is 0.361 e. The molecule has 2 fully saturated rings. The number of hydrogen-bond donors (Lipinski definition) is 2. The summed E-state index contributed by atoms with van der Waals surface area (Å²) < 4.78 is 10.7. The Morgan fingerprint density at radius 3 is 1.00 bits per heavy atom. The van der Waals surface area contributed by atoms with Crippen LogP contribution in [-0.4, -0.2) is 43.5 Å². The molecule has 2 atom stereocenters. The molecule has 0 aromatic rings. The number of hydrogen-bond acceptors (Lipinski definition) is 4. The monoisotopic (exact) mass is 265 g/mol. The van der Waals surface area contributed by atoms with Crippen LogP contribution < -0.4 is 11.5 Å². The first-order chi connectivity index (χ1) is 7.91. The van der Waals surface area contributed by atoms with Crippen LogP contribution in [0.15, 0.2) is 0 Å². The van der Waals surface area contributed by atoms with Crippen LogP contribution in [0.5, 0.6) is 0 Å². The van der Waals surface area contributed by atoms with Crippen LogP contribution in [0.25, 0.3) is 0 Å². The summed E-state index contributed by atoms with van der Waals surface area (Å²) in [6, 6.07) is 0. The number of nitrogens with two attached hydrogens (primary N) is 2. The Morgan fingerprint density at radius 1 is 0.684 bits per heavy atom. The van der Waals surface area contributed by atoms with Crippen LogP contribution in [0.4, 0.5) is 0 Å². The Bertz CT molecular complexity index is 244. The molecule has 0 aliphatic carbocycles. The van der Waals surface area contributed by atoms with Crippen molar-refractivity contribution in [3.05, 3.63) is 0 Å². The summed E-state index contributed by atoms with van der Waals surface area (Å²) in [5.74, 6) is 0. The molecule has 2 unspecified atom stereocenters. The summed E-state index contributed by atoms with van der Waals surface area (Å²) in [4.78, 5) is 0. The average Bonchev–Trinajstić information content (AvgIpc) is 2.51. The molecule has 2 saturated heterocycles. The van der Waals surface area contributed by atoms with Gasteiger partial charge in [0, 0.05) is 42.9 Å². The van der Waals surface area contributed by atoms with E-state index in [1.54, 1.807) is 0 Å². The van der Waals surface area contributed by atoms with E-state index in [1.807, 2.05) is 13.8 Å². The maximum Gasteiger partial charge on any atom is 0.119 e. The van der Waals surface area contributed by atoms with Gasteiger partial charge in [0.05, 0.1) is 0 Å². The minimum atomic E-state index is -0.410. The van der Waals surface area contributed by atoms with Gasteiger partial charge in [-0.25, -0.2) is 0 Å². The van der Waals surface area contributed by atoms with Crippen molar-refractivity contribution in [3.8, 4) is 0 Å². The van der Waals surface area contributed by atoms with Crippen molar-refractivity contribution >= 4 is 18.9 Å². The van der Waals surface area contributed by atoms with E-state index in [4.69, 9.17) is 20.9 Å². The zero-order valence-corrected chi connectivity index (χ0v) is 13.8. The summed E-state index contributed by atoms with van der Waals surface area (Å²) >= 11 is 0. The maximum absolute atomic E-state index is 5.83. The molecule has 4 N–H and O–H groups in total. The molecule has 2 aliphatic heterocycles. The molecule has 2 heterocycles. The molecule has 2 aliphatic rings. The Balaban J connectivity index is 0.000000324. The Hall–Kier alpha value is 0.437.